The van der Waals surface area contributed by atoms with Gasteiger partial charge in [-0.25, -0.2) is 4.98 Å². The van der Waals surface area contributed by atoms with Gasteiger partial charge in [-0.1, -0.05) is 11.6 Å². The zero-order chi connectivity index (χ0) is 12.3. The summed E-state index contributed by atoms with van der Waals surface area (Å²) in [7, 11) is 1.71. The molecule has 92 valence electrons. The molecule has 2 aromatic rings. The maximum absolute atomic E-state index is 5.92. The van der Waals surface area contributed by atoms with Gasteiger partial charge in [0.15, 0.2) is 0 Å². The lowest BCUT2D eigenvalue weighted by molar-refractivity contribution is 0.191. The normalized spacial score (nSPS) is 11.2. The molecule has 0 atom stereocenters. The Balaban J connectivity index is 2.18. The highest BCUT2D eigenvalue weighted by atomic mass is 35.5. The van der Waals surface area contributed by atoms with Gasteiger partial charge >= 0.3 is 0 Å². The summed E-state index contributed by atoms with van der Waals surface area (Å²) >= 11 is 5.92. The van der Waals surface area contributed by atoms with Crippen molar-refractivity contribution >= 4 is 28.6 Å². The van der Waals surface area contributed by atoms with Gasteiger partial charge in [-0.3, -0.25) is 0 Å². The minimum Gasteiger partial charge on any atom is -0.385 e. The number of halogens is 1. The molecule has 0 saturated heterocycles. The molecule has 0 aliphatic carbocycles. The van der Waals surface area contributed by atoms with Crippen LogP contribution in [-0.2, 0) is 11.3 Å². The first-order valence-corrected chi connectivity index (χ1v) is 6.00. The molecule has 2 N–H and O–H groups in total. The predicted octanol–water partition coefficient (Wildman–Crippen LogP) is 2.70. The van der Waals surface area contributed by atoms with Gasteiger partial charge in [-0.05, 0) is 31.0 Å². The van der Waals surface area contributed by atoms with Crippen molar-refractivity contribution < 1.29 is 4.74 Å². The largest absolute Gasteiger partial charge is 0.385 e. The van der Waals surface area contributed by atoms with Gasteiger partial charge in [-0.15, -0.1) is 0 Å². The second-order valence-corrected chi connectivity index (χ2v) is 4.39. The summed E-state index contributed by atoms with van der Waals surface area (Å²) in [5, 5.41) is 0.682. The molecule has 1 aromatic carbocycles. The van der Waals surface area contributed by atoms with Gasteiger partial charge < -0.3 is 15.0 Å². The number of fused-ring (bicyclic) bond motifs is 1. The molecule has 5 heteroatoms. The second kappa shape index (κ2) is 5.38. The van der Waals surface area contributed by atoms with Crippen LogP contribution in [0, 0.1) is 0 Å². The molecule has 0 aliphatic heterocycles. The van der Waals surface area contributed by atoms with Crippen molar-refractivity contribution in [3.8, 4) is 0 Å². The fourth-order valence-electron chi connectivity index (χ4n) is 1.87. The zero-order valence-corrected chi connectivity index (χ0v) is 10.6. The van der Waals surface area contributed by atoms with Crippen molar-refractivity contribution in [2.75, 3.05) is 19.5 Å². The smallest absolute Gasteiger partial charge is 0.201 e. The lowest BCUT2D eigenvalue weighted by Crippen LogP contribution is -2.04. The molecule has 0 bridgehead atoms. The topological polar surface area (TPSA) is 53.1 Å². The highest BCUT2D eigenvalue weighted by molar-refractivity contribution is 6.31. The van der Waals surface area contributed by atoms with E-state index in [1.165, 1.54) is 0 Å². The molecule has 0 radical (unpaired) electrons. The number of benzene rings is 1. The Labute approximate surface area is 105 Å². The van der Waals surface area contributed by atoms with E-state index < -0.39 is 0 Å². The number of aryl methyl sites for hydroxylation is 1. The van der Waals surface area contributed by atoms with Crippen molar-refractivity contribution in [3.05, 3.63) is 23.2 Å². The van der Waals surface area contributed by atoms with E-state index >= 15 is 0 Å². The Hall–Kier alpha value is -1.26. The minimum absolute atomic E-state index is 0.541. The summed E-state index contributed by atoms with van der Waals surface area (Å²) in [6.45, 7) is 1.63. The highest BCUT2D eigenvalue weighted by Crippen LogP contribution is 2.22. The van der Waals surface area contributed by atoms with Crippen LogP contribution in [-0.4, -0.2) is 23.3 Å². The molecule has 0 spiro atoms. The Kier molecular flexibility index (Phi) is 3.86. The fraction of sp³-hybridized carbons (Fsp3) is 0.417. The Morgan fingerprint density at radius 1 is 1.41 bits per heavy atom. The number of nitrogens with two attached hydrogens (primary N) is 1. The molecule has 1 aromatic heterocycles. The molecule has 2 rings (SSSR count). The lowest BCUT2D eigenvalue weighted by atomic mass is 10.3. The quantitative estimate of drug-likeness (QED) is 0.834. The number of nitrogen functional groups attached to an aromatic ring is 1. The molecule has 0 amide bonds. The molecule has 0 aliphatic rings. The molecular formula is C12H16ClN3O. The van der Waals surface area contributed by atoms with E-state index in [0.29, 0.717) is 11.0 Å². The van der Waals surface area contributed by atoms with E-state index in [1.807, 2.05) is 22.8 Å². The second-order valence-electron chi connectivity index (χ2n) is 3.95. The van der Waals surface area contributed by atoms with Crippen molar-refractivity contribution in [2.45, 2.75) is 19.4 Å². The number of hydrogen-bond acceptors (Lipinski definition) is 3. The van der Waals surface area contributed by atoms with Gasteiger partial charge in [0.25, 0.3) is 0 Å². The number of aromatic nitrogens is 2. The van der Waals surface area contributed by atoms with Gasteiger partial charge in [0.2, 0.25) is 5.95 Å². The van der Waals surface area contributed by atoms with Gasteiger partial charge in [0.05, 0.1) is 11.0 Å². The van der Waals surface area contributed by atoms with Crippen LogP contribution < -0.4 is 5.73 Å². The first kappa shape index (κ1) is 12.2. The summed E-state index contributed by atoms with van der Waals surface area (Å²) in [4.78, 5) is 4.30. The molecule has 4 nitrogen and oxygen atoms in total. The first-order valence-electron chi connectivity index (χ1n) is 5.62. The van der Waals surface area contributed by atoms with E-state index in [2.05, 4.69) is 4.98 Å². The minimum atomic E-state index is 0.541. The Morgan fingerprint density at radius 2 is 2.24 bits per heavy atom. The number of unbranched alkanes of at least 4 members (excludes halogenated alkanes) is 1. The number of anilines is 1. The summed E-state index contributed by atoms with van der Waals surface area (Å²) < 4.78 is 7.04. The Morgan fingerprint density at radius 3 is 3.00 bits per heavy atom. The molecule has 0 fully saturated rings. The van der Waals surface area contributed by atoms with Crippen LogP contribution in [0.3, 0.4) is 0 Å². The van der Waals surface area contributed by atoms with Crippen LogP contribution in [0.1, 0.15) is 12.8 Å². The van der Waals surface area contributed by atoms with Crippen LogP contribution in [0.2, 0.25) is 5.02 Å². The predicted molar refractivity (Wildman–Crippen MR) is 70.3 cm³/mol. The van der Waals surface area contributed by atoms with E-state index in [-0.39, 0.29) is 0 Å². The number of nitrogens with zero attached hydrogens (tertiary/aromatic N) is 2. The van der Waals surface area contributed by atoms with E-state index in [1.54, 1.807) is 7.11 Å². The molecule has 17 heavy (non-hydrogen) atoms. The third kappa shape index (κ3) is 2.70. The van der Waals surface area contributed by atoms with Gasteiger partial charge in [-0.2, -0.15) is 0 Å². The van der Waals surface area contributed by atoms with Gasteiger partial charge in [0.1, 0.15) is 0 Å². The number of imidazole rings is 1. The number of rotatable bonds is 5. The zero-order valence-electron chi connectivity index (χ0n) is 9.82. The summed E-state index contributed by atoms with van der Waals surface area (Å²) in [5.41, 5.74) is 7.78. The summed E-state index contributed by atoms with van der Waals surface area (Å²) in [6, 6.07) is 5.65. The van der Waals surface area contributed by atoms with Crippen LogP contribution in [0.4, 0.5) is 5.95 Å². The van der Waals surface area contributed by atoms with E-state index in [9.17, 15) is 0 Å². The lowest BCUT2D eigenvalue weighted by Gasteiger charge is -2.05. The third-order valence-corrected chi connectivity index (χ3v) is 2.96. The molecule has 1 heterocycles. The fourth-order valence-corrected chi connectivity index (χ4v) is 2.04. The number of hydrogen-bond donors (Lipinski definition) is 1. The first-order chi connectivity index (χ1) is 8.22. The third-order valence-electron chi connectivity index (χ3n) is 2.72. The van der Waals surface area contributed by atoms with Crippen LogP contribution in [0.15, 0.2) is 18.2 Å². The van der Waals surface area contributed by atoms with Crippen molar-refractivity contribution in [1.29, 1.82) is 0 Å². The van der Waals surface area contributed by atoms with Crippen LogP contribution >= 0.6 is 11.6 Å². The SMILES string of the molecule is COCCCCn1c(N)nc2cc(Cl)ccc21. The average molecular weight is 254 g/mol. The van der Waals surface area contributed by atoms with Crippen LogP contribution in [0.25, 0.3) is 11.0 Å². The number of methoxy groups -OCH3 is 1. The standard InChI is InChI=1S/C12H16ClN3O/c1-17-7-3-2-6-16-11-5-4-9(13)8-10(11)15-12(16)14/h4-5,8H,2-3,6-7H2,1H3,(H2,14,15). The number of ether oxygens (including phenoxy) is 1. The Bertz CT molecular complexity index is 510. The van der Waals surface area contributed by atoms with E-state index in [4.69, 9.17) is 22.1 Å². The van der Waals surface area contributed by atoms with Gasteiger partial charge in [0, 0.05) is 25.3 Å². The average Bonchev–Trinajstić information content (AvgIpc) is 2.60. The molecule has 0 unspecified atom stereocenters. The van der Waals surface area contributed by atoms with Crippen molar-refractivity contribution in [2.24, 2.45) is 0 Å². The van der Waals surface area contributed by atoms with Crippen molar-refractivity contribution in [1.82, 2.24) is 9.55 Å². The summed E-state index contributed by atoms with van der Waals surface area (Å²) in [6.07, 6.45) is 2.04. The monoisotopic (exact) mass is 253 g/mol. The maximum atomic E-state index is 5.92. The molecular weight excluding hydrogens is 238 g/mol. The van der Waals surface area contributed by atoms with E-state index in [0.717, 1.165) is 37.0 Å². The maximum Gasteiger partial charge on any atom is 0.201 e. The molecule has 0 saturated carbocycles. The van der Waals surface area contributed by atoms with Crippen molar-refractivity contribution in [3.63, 3.8) is 0 Å². The highest BCUT2D eigenvalue weighted by Gasteiger charge is 2.07. The summed E-state index contributed by atoms with van der Waals surface area (Å²) in [5.74, 6) is 0.541. The van der Waals surface area contributed by atoms with Crippen LogP contribution in [0.5, 0.6) is 0 Å².